The van der Waals surface area contributed by atoms with Crippen LogP contribution in [0.15, 0.2) is 30.5 Å². The third kappa shape index (κ3) is 4.50. The van der Waals surface area contributed by atoms with Gasteiger partial charge in [-0.1, -0.05) is 11.6 Å². The quantitative estimate of drug-likeness (QED) is 0.601. The van der Waals surface area contributed by atoms with Gasteiger partial charge >= 0.3 is 0 Å². The van der Waals surface area contributed by atoms with Crippen molar-refractivity contribution in [2.24, 2.45) is 0 Å². The van der Waals surface area contributed by atoms with Crippen LogP contribution in [-0.4, -0.2) is 37.7 Å². The van der Waals surface area contributed by atoms with Crippen molar-refractivity contribution in [1.82, 2.24) is 25.3 Å². The molecule has 2 heterocycles. The molecule has 0 aliphatic carbocycles. The van der Waals surface area contributed by atoms with Crippen molar-refractivity contribution < 1.29 is 14.0 Å². The molecule has 0 spiro atoms. The standard InChI is InChI=1S/C19H16ClFN6O2/c1-10(23-19(29)18-7-17(11(2)28)24-25-18)9-27-4-3-16(26-27)12-5-14(20)13(8-22)15(21)6-12/h3-7,10H,9H2,1-2H3,(H,23,29)(H,24,25). The monoisotopic (exact) mass is 414 g/mol. The minimum atomic E-state index is -0.713. The largest absolute Gasteiger partial charge is 0.346 e. The highest BCUT2D eigenvalue weighted by Crippen LogP contribution is 2.26. The number of rotatable bonds is 6. The summed E-state index contributed by atoms with van der Waals surface area (Å²) in [7, 11) is 0. The van der Waals surface area contributed by atoms with Crippen molar-refractivity contribution in [2.75, 3.05) is 0 Å². The molecular weight excluding hydrogens is 399 g/mol. The van der Waals surface area contributed by atoms with Crippen LogP contribution < -0.4 is 5.32 Å². The number of carbonyl (C=O) groups is 2. The van der Waals surface area contributed by atoms with Crippen LogP contribution in [-0.2, 0) is 6.54 Å². The average molecular weight is 415 g/mol. The second-order valence-corrected chi connectivity index (χ2v) is 6.85. The molecule has 3 aromatic rings. The summed E-state index contributed by atoms with van der Waals surface area (Å²) in [5, 5.41) is 22.4. The number of nitrogens with zero attached hydrogens (tertiary/aromatic N) is 4. The van der Waals surface area contributed by atoms with Gasteiger partial charge < -0.3 is 5.32 Å². The molecule has 0 bridgehead atoms. The van der Waals surface area contributed by atoms with Crippen LogP contribution in [0, 0.1) is 17.1 Å². The number of ketones is 1. The molecule has 1 amide bonds. The molecule has 0 radical (unpaired) electrons. The molecule has 148 valence electrons. The zero-order chi connectivity index (χ0) is 21.1. The number of amides is 1. The highest BCUT2D eigenvalue weighted by molar-refractivity contribution is 6.32. The Morgan fingerprint density at radius 3 is 2.79 bits per heavy atom. The topological polar surface area (TPSA) is 116 Å². The number of aromatic amines is 1. The van der Waals surface area contributed by atoms with E-state index in [1.807, 2.05) is 0 Å². The second kappa shape index (κ2) is 8.24. The minimum absolute atomic E-state index is 0.0159. The van der Waals surface area contributed by atoms with Gasteiger partial charge in [-0.15, -0.1) is 0 Å². The van der Waals surface area contributed by atoms with Crippen LogP contribution >= 0.6 is 11.6 Å². The maximum absolute atomic E-state index is 14.0. The summed E-state index contributed by atoms with van der Waals surface area (Å²) in [6.07, 6.45) is 1.69. The number of hydrogen-bond donors (Lipinski definition) is 2. The van der Waals surface area contributed by atoms with Gasteiger partial charge in [0, 0.05) is 24.7 Å². The molecule has 1 aromatic carbocycles. The van der Waals surface area contributed by atoms with Gasteiger partial charge in [0.15, 0.2) is 5.78 Å². The maximum atomic E-state index is 14.0. The number of nitriles is 1. The van der Waals surface area contributed by atoms with E-state index in [9.17, 15) is 14.0 Å². The Hall–Kier alpha value is -3.51. The lowest BCUT2D eigenvalue weighted by Gasteiger charge is -2.13. The Bertz CT molecular complexity index is 1110. The predicted molar refractivity (Wildman–Crippen MR) is 103 cm³/mol. The summed E-state index contributed by atoms with van der Waals surface area (Å²) >= 11 is 5.94. The first-order valence-electron chi connectivity index (χ1n) is 8.58. The fourth-order valence-corrected chi connectivity index (χ4v) is 2.94. The summed E-state index contributed by atoms with van der Waals surface area (Å²) in [6.45, 7) is 3.51. The van der Waals surface area contributed by atoms with E-state index in [2.05, 4.69) is 20.6 Å². The summed E-state index contributed by atoms with van der Waals surface area (Å²) in [5.74, 6) is -1.35. The van der Waals surface area contributed by atoms with E-state index in [0.717, 1.165) is 0 Å². The molecule has 29 heavy (non-hydrogen) atoms. The van der Waals surface area contributed by atoms with Gasteiger partial charge in [-0.3, -0.25) is 19.4 Å². The van der Waals surface area contributed by atoms with E-state index in [1.54, 1.807) is 29.9 Å². The van der Waals surface area contributed by atoms with Gasteiger partial charge in [-0.25, -0.2) is 4.39 Å². The van der Waals surface area contributed by atoms with E-state index < -0.39 is 11.7 Å². The number of carbonyl (C=O) groups excluding carboxylic acids is 2. The molecule has 0 aliphatic rings. The normalized spacial score (nSPS) is 11.7. The fourth-order valence-electron chi connectivity index (χ4n) is 2.69. The van der Waals surface area contributed by atoms with Gasteiger partial charge in [0.05, 0.1) is 17.3 Å². The Kier molecular flexibility index (Phi) is 5.75. The Morgan fingerprint density at radius 2 is 2.17 bits per heavy atom. The van der Waals surface area contributed by atoms with Crippen LogP contribution in [0.2, 0.25) is 5.02 Å². The van der Waals surface area contributed by atoms with Crippen molar-refractivity contribution in [3.05, 3.63) is 58.3 Å². The fraction of sp³-hybridized carbons (Fsp3) is 0.211. The molecule has 1 atom stereocenters. The van der Waals surface area contributed by atoms with Crippen LogP contribution in [0.3, 0.4) is 0 Å². The van der Waals surface area contributed by atoms with Gasteiger partial charge in [0.2, 0.25) is 0 Å². The summed E-state index contributed by atoms with van der Waals surface area (Å²) in [4.78, 5) is 23.5. The first-order chi connectivity index (χ1) is 13.8. The molecule has 0 saturated heterocycles. The molecule has 3 rings (SSSR count). The number of Topliss-reactive ketones (excluding diaryl/α,β-unsaturated/α-hetero) is 1. The molecular formula is C19H16ClFN6O2. The molecule has 2 N–H and O–H groups in total. The van der Waals surface area contributed by atoms with Gasteiger partial charge in [-0.05, 0) is 31.2 Å². The zero-order valence-electron chi connectivity index (χ0n) is 15.5. The van der Waals surface area contributed by atoms with Crippen LogP contribution in [0.25, 0.3) is 11.3 Å². The maximum Gasteiger partial charge on any atom is 0.269 e. The van der Waals surface area contributed by atoms with E-state index in [1.165, 1.54) is 25.1 Å². The molecule has 0 aliphatic heterocycles. The van der Waals surface area contributed by atoms with E-state index in [0.29, 0.717) is 17.8 Å². The number of hydrogen-bond acceptors (Lipinski definition) is 5. The molecule has 0 fully saturated rings. The van der Waals surface area contributed by atoms with Gasteiger partial charge in [0.25, 0.3) is 5.91 Å². The van der Waals surface area contributed by atoms with Crippen molar-refractivity contribution in [2.45, 2.75) is 26.4 Å². The number of benzene rings is 1. The zero-order valence-corrected chi connectivity index (χ0v) is 16.3. The van der Waals surface area contributed by atoms with Gasteiger partial charge in [0.1, 0.15) is 28.8 Å². The number of nitrogens with one attached hydrogen (secondary N) is 2. The summed E-state index contributed by atoms with van der Waals surface area (Å²) < 4.78 is 15.5. The lowest BCUT2D eigenvalue weighted by Crippen LogP contribution is -2.36. The lowest BCUT2D eigenvalue weighted by atomic mass is 10.1. The first-order valence-corrected chi connectivity index (χ1v) is 8.96. The smallest absolute Gasteiger partial charge is 0.269 e. The molecule has 10 heteroatoms. The van der Waals surface area contributed by atoms with Crippen molar-refractivity contribution >= 4 is 23.3 Å². The number of halogens is 2. The SMILES string of the molecule is CC(=O)c1cc(C(=O)NC(C)Cn2ccc(-c3cc(F)c(C#N)c(Cl)c3)n2)[nH]n1. The van der Waals surface area contributed by atoms with E-state index in [-0.39, 0.29) is 33.8 Å². The average Bonchev–Trinajstić information content (AvgIpc) is 3.31. The van der Waals surface area contributed by atoms with Crippen LogP contribution in [0.1, 0.15) is 40.4 Å². The summed E-state index contributed by atoms with van der Waals surface area (Å²) in [6, 6.07) is 7.17. The Balaban J connectivity index is 1.67. The van der Waals surface area contributed by atoms with Crippen molar-refractivity contribution in [3.8, 4) is 17.3 Å². The third-order valence-electron chi connectivity index (χ3n) is 4.11. The second-order valence-electron chi connectivity index (χ2n) is 6.45. The highest BCUT2D eigenvalue weighted by atomic mass is 35.5. The number of H-pyrrole nitrogens is 1. The van der Waals surface area contributed by atoms with Crippen LogP contribution in [0.5, 0.6) is 0 Å². The number of aromatic nitrogens is 4. The highest BCUT2D eigenvalue weighted by Gasteiger charge is 2.16. The molecule has 0 saturated carbocycles. The molecule has 8 nitrogen and oxygen atoms in total. The van der Waals surface area contributed by atoms with E-state index >= 15 is 0 Å². The Labute approximate surface area is 170 Å². The minimum Gasteiger partial charge on any atom is -0.346 e. The summed E-state index contributed by atoms with van der Waals surface area (Å²) in [5.41, 5.74) is 1.08. The first kappa shape index (κ1) is 20.2. The molecule has 1 unspecified atom stereocenters. The van der Waals surface area contributed by atoms with Crippen molar-refractivity contribution in [1.29, 1.82) is 5.26 Å². The van der Waals surface area contributed by atoms with Crippen molar-refractivity contribution in [3.63, 3.8) is 0 Å². The van der Waals surface area contributed by atoms with Crippen LogP contribution in [0.4, 0.5) is 4.39 Å². The Morgan fingerprint density at radius 1 is 1.41 bits per heavy atom. The third-order valence-corrected chi connectivity index (χ3v) is 4.41. The predicted octanol–water partition coefficient (Wildman–Crippen LogP) is 2.96. The lowest BCUT2D eigenvalue weighted by molar-refractivity contribution is 0.0930. The van der Waals surface area contributed by atoms with Gasteiger partial charge in [-0.2, -0.15) is 15.5 Å². The van der Waals surface area contributed by atoms with E-state index in [4.69, 9.17) is 16.9 Å². The molecule has 2 aromatic heterocycles.